The van der Waals surface area contributed by atoms with E-state index in [-0.39, 0.29) is 5.91 Å². The predicted molar refractivity (Wildman–Crippen MR) is 82.8 cm³/mol. The minimum absolute atomic E-state index is 0.0732. The lowest BCUT2D eigenvalue weighted by Crippen LogP contribution is -2.31. The van der Waals surface area contributed by atoms with Crippen LogP contribution in [0, 0.1) is 5.92 Å². The third-order valence-corrected chi connectivity index (χ3v) is 5.32. The molecule has 0 saturated carbocycles. The van der Waals surface area contributed by atoms with Gasteiger partial charge in [-0.15, -0.1) is 0 Å². The average molecular weight is 324 g/mol. The van der Waals surface area contributed by atoms with Gasteiger partial charge in [-0.1, -0.05) is 54.8 Å². The van der Waals surface area contributed by atoms with Crippen LogP contribution in [0.15, 0.2) is 18.2 Å². The van der Waals surface area contributed by atoms with Gasteiger partial charge in [-0.2, -0.15) is 0 Å². The fraction of sp³-hybridized carbons (Fsp3) is 0.562. The van der Waals surface area contributed by atoms with Gasteiger partial charge in [0.05, 0.1) is 0 Å². The second kappa shape index (κ2) is 6.56. The van der Waals surface area contributed by atoms with E-state index in [0.29, 0.717) is 10.7 Å². The average Bonchev–Trinajstić information content (AvgIpc) is 2.44. The van der Waals surface area contributed by atoms with Crippen LogP contribution in [0.5, 0.6) is 0 Å². The van der Waals surface area contributed by atoms with E-state index in [4.69, 9.17) is 0 Å². The van der Waals surface area contributed by atoms with E-state index in [9.17, 15) is 4.79 Å². The number of carbonyl (C=O) groups excluding carboxylic acids is 1. The fourth-order valence-electron chi connectivity index (χ4n) is 2.60. The number of alkyl halides is 1. The van der Waals surface area contributed by atoms with Crippen LogP contribution >= 0.6 is 15.9 Å². The molecule has 1 aromatic rings. The van der Waals surface area contributed by atoms with Crippen LogP contribution < -0.4 is 5.32 Å². The standard InChI is InChI=1S/C16H22BrNO/c1-3-4-5-11(2)15(17)13-7-6-12-8-9-18-16(19)14(12)10-13/h6-7,10-11,15H,3-5,8-9H2,1-2H3,(H,18,19). The van der Waals surface area contributed by atoms with Gasteiger partial charge in [-0.25, -0.2) is 0 Å². The van der Waals surface area contributed by atoms with Gasteiger partial charge in [0.15, 0.2) is 0 Å². The number of hydrogen-bond donors (Lipinski definition) is 1. The minimum atomic E-state index is 0.0732. The molecule has 1 aliphatic heterocycles. The van der Waals surface area contributed by atoms with Crippen molar-refractivity contribution in [2.24, 2.45) is 5.92 Å². The lowest BCUT2D eigenvalue weighted by molar-refractivity contribution is 0.0946. The van der Waals surface area contributed by atoms with Crippen molar-refractivity contribution in [1.82, 2.24) is 5.32 Å². The number of amides is 1. The van der Waals surface area contributed by atoms with E-state index in [0.717, 1.165) is 18.5 Å². The highest BCUT2D eigenvalue weighted by molar-refractivity contribution is 9.09. The summed E-state index contributed by atoms with van der Waals surface area (Å²) in [5.41, 5.74) is 3.25. The molecule has 104 valence electrons. The van der Waals surface area contributed by atoms with Crippen LogP contribution in [0.4, 0.5) is 0 Å². The molecule has 0 radical (unpaired) electrons. The first-order valence-electron chi connectivity index (χ1n) is 7.18. The Balaban J connectivity index is 2.16. The van der Waals surface area contributed by atoms with Crippen LogP contribution in [0.3, 0.4) is 0 Å². The van der Waals surface area contributed by atoms with Crippen LogP contribution in [0.1, 0.15) is 59.4 Å². The lowest BCUT2D eigenvalue weighted by Gasteiger charge is -2.22. The van der Waals surface area contributed by atoms with Crippen molar-refractivity contribution in [3.8, 4) is 0 Å². The first-order chi connectivity index (χ1) is 9.13. The van der Waals surface area contributed by atoms with E-state index < -0.39 is 0 Å². The Hall–Kier alpha value is -0.830. The summed E-state index contributed by atoms with van der Waals surface area (Å²) in [4.78, 5) is 12.2. The van der Waals surface area contributed by atoms with Crippen LogP contribution in [-0.4, -0.2) is 12.5 Å². The molecule has 19 heavy (non-hydrogen) atoms. The summed E-state index contributed by atoms with van der Waals surface area (Å²) in [6.07, 6.45) is 4.65. The predicted octanol–water partition coefficient (Wildman–Crippen LogP) is 4.23. The van der Waals surface area contributed by atoms with Gasteiger partial charge in [0.1, 0.15) is 0 Å². The van der Waals surface area contributed by atoms with Gasteiger partial charge in [0, 0.05) is 16.9 Å². The van der Waals surface area contributed by atoms with Gasteiger partial charge in [-0.3, -0.25) is 4.79 Å². The Morgan fingerprint density at radius 3 is 2.95 bits per heavy atom. The zero-order chi connectivity index (χ0) is 13.8. The lowest BCUT2D eigenvalue weighted by atomic mass is 9.92. The summed E-state index contributed by atoms with van der Waals surface area (Å²) in [6.45, 7) is 5.25. The van der Waals surface area contributed by atoms with Crippen LogP contribution in [0.2, 0.25) is 0 Å². The number of benzene rings is 1. The molecule has 0 aliphatic carbocycles. The molecule has 2 rings (SSSR count). The van der Waals surface area contributed by atoms with Gasteiger partial charge in [0.25, 0.3) is 5.91 Å². The zero-order valence-corrected chi connectivity index (χ0v) is 13.3. The van der Waals surface area contributed by atoms with Crippen molar-refractivity contribution in [2.45, 2.75) is 44.4 Å². The van der Waals surface area contributed by atoms with E-state index in [1.807, 2.05) is 0 Å². The minimum Gasteiger partial charge on any atom is -0.352 e. The number of unbranched alkanes of at least 4 members (excludes halogenated alkanes) is 1. The topological polar surface area (TPSA) is 29.1 Å². The summed E-state index contributed by atoms with van der Waals surface area (Å²) >= 11 is 3.80. The molecule has 3 heteroatoms. The van der Waals surface area contributed by atoms with E-state index in [1.54, 1.807) is 0 Å². The first kappa shape index (κ1) is 14.6. The summed E-state index contributed by atoms with van der Waals surface area (Å²) < 4.78 is 0. The highest BCUT2D eigenvalue weighted by atomic mass is 79.9. The fourth-order valence-corrected chi connectivity index (χ4v) is 3.15. The molecule has 1 heterocycles. The van der Waals surface area contributed by atoms with Crippen molar-refractivity contribution in [1.29, 1.82) is 0 Å². The second-order valence-electron chi connectivity index (χ2n) is 5.44. The van der Waals surface area contributed by atoms with Gasteiger partial charge in [0.2, 0.25) is 0 Å². The van der Waals surface area contributed by atoms with Crippen molar-refractivity contribution in [2.75, 3.05) is 6.54 Å². The van der Waals surface area contributed by atoms with Crippen LogP contribution in [0.25, 0.3) is 0 Å². The van der Waals surface area contributed by atoms with Crippen LogP contribution in [-0.2, 0) is 6.42 Å². The molecule has 1 aliphatic rings. The Labute approximate surface area is 124 Å². The molecule has 1 aromatic carbocycles. The van der Waals surface area contributed by atoms with Gasteiger partial charge < -0.3 is 5.32 Å². The molecular formula is C16H22BrNO. The number of rotatable bonds is 5. The quantitative estimate of drug-likeness (QED) is 0.807. The van der Waals surface area contributed by atoms with Gasteiger partial charge >= 0.3 is 0 Å². The monoisotopic (exact) mass is 323 g/mol. The number of nitrogens with one attached hydrogen (secondary N) is 1. The van der Waals surface area contributed by atoms with Crippen molar-refractivity contribution in [3.05, 3.63) is 34.9 Å². The van der Waals surface area contributed by atoms with Crippen molar-refractivity contribution >= 4 is 21.8 Å². The normalized spacial score (nSPS) is 17.5. The largest absolute Gasteiger partial charge is 0.352 e. The molecular weight excluding hydrogens is 302 g/mol. The molecule has 0 aromatic heterocycles. The third kappa shape index (κ3) is 3.38. The number of fused-ring (bicyclic) bond motifs is 1. The molecule has 1 amide bonds. The molecule has 2 unspecified atom stereocenters. The van der Waals surface area contributed by atoms with Crippen molar-refractivity contribution < 1.29 is 4.79 Å². The maximum Gasteiger partial charge on any atom is 0.251 e. The highest BCUT2D eigenvalue weighted by Crippen LogP contribution is 2.35. The second-order valence-corrected chi connectivity index (χ2v) is 6.43. The smallest absolute Gasteiger partial charge is 0.251 e. The van der Waals surface area contributed by atoms with E-state index in [2.05, 4.69) is 53.3 Å². The summed E-state index contributed by atoms with van der Waals surface area (Å²) in [5.74, 6) is 0.661. The molecule has 0 bridgehead atoms. The molecule has 1 N–H and O–H groups in total. The number of hydrogen-bond acceptors (Lipinski definition) is 1. The number of carbonyl (C=O) groups is 1. The molecule has 0 spiro atoms. The van der Waals surface area contributed by atoms with Crippen molar-refractivity contribution in [3.63, 3.8) is 0 Å². The van der Waals surface area contributed by atoms with Gasteiger partial charge in [-0.05, 0) is 36.0 Å². The third-order valence-electron chi connectivity index (χ3n) is 3.89. The molecule has 2 atom stereocenters. The molecule has 0 fully saturated rings. The highest BCUT2D eigenvalue weighted by Gasteiger charge is 2.21. The molecule has 0 saturated heterocycles. The first-order valence-corrected chi connectivity index (χ1v) is 8.10. The van der Waals surface area contributed by atoms with E-state index in [1.165, 1.54) is 30.4 Å². The Morgan fingerprint density at radius 1 is 1.42 bits per heavy atom. The Kier molecular flexibility index (Phi) is 5.03. The summed E-state index contributed by atoms with van der Waals surface area (Å²) in [5, 5.41) is 2.91. The Bertz CT molecular complexity index is 458. The maximum atomic E-state index is 11.9. The van der Waals surface area contributed by atoms with E-state index >= 15 is 0 Å². The maximum absolute atomic E-state index is 11.9. The summed E-state index contributed by atoms with van der Waals surface area (Å²) in [6, 6.07) is 6.34. The zero-order valence-electron chi connectivity index (χ0n) is 11.7. The summed E-state index contributed by atoms with van der Waals surface area (Å²) in [7, 11) is 0. The SMILES string of the molecule is CCCCC(C)C(Br)c1ccc2c(c1)C(=O)NCC2. The number of halogens is 1. The Morgan fingerprint density at radius 2 is 2.21 bits per heavy atom. The molecule has 2 nitrogen and oxygen atoms in total.